The van der Waals surface area contributed by atoms with Crippen LogP contribution in [0.2, 0.25) is 0 Å². The Morgan fingerprint density at radius 1 is 0.955 bits per heavy atom. The van der Waals surface area contributed by atoms with Crippen LogP contribution in [0.15, 0.2) is 78.9 Å². The van der Waals surface area contributed by atoms with Crippen molar-refractivity contribution in [2.45, 2.75) is 6.92 Å². The fourth-order valence-corrected chi connectivity index (χ4v) is 2.33. The molecule has 0 amide bonds. The number of carbonyl (C=O) groups is 1. The van der Waals surface area contributed by atoms with Gasteiger partial charge in [-0.25, -0.2) is 0 Å². The van der Waals surface area contributed by atoms with Crippen molar-refractivity contribution in [3.05, 3.63) is 78.9 Å². The molecular weight excluding hydrogens is 272 g/mol. The van der Waals surface area contributed by atoms with Gasteiger partial charge in [0.15, 0.2) is 0 Å². The lowest BCUT2D eigenvalue weighted by atomic mass is 10.1. The van der Waals surface area contributed by atoms with E-state index in [1.165, 1.54) is 10.8 Å². The van der Waals surface area contributed by atoms with Gasteiger partial charge < -0.3 is 0 Å². The van der Waals surface area contributed by atoms with Crippen LogP contribution < -0.4 is 0 Å². The van der Waals surface area contributed by atoms with E-state index in [1.54, 1.807) is 6.08 Å². The zero-order valence-corrected chi connectivity index (χ0v) is 12.3. The summed E-state index contributed by atoms with van der Waals surface area (Å²) < 4.78 is 1.46. The monoisotopic (exact) mass is 288 g/mol. The molecule has 0 spiro atoms. The molecule has 22 heavy (non-hydrogen) atoms. The van der Waals surface area contributed by atoms with Crippen molar-refractivity contribution in [2.24, 2.45) is 0 Å². The van der Waals surface area contributed by atoms with Crippen LogP contribution in [-0.4, -0.2) is 15.7 Å². The van der Waals surface area contributed by atoms with Crippen molar-refractivity contribution < 1.29 is 4.79 Å². The molecule has 0 unspecified atom stereocenters. The van der Waals surface area contributed by atoms with Gasteiger partial charge in [0, 0.05) is 17.2 Å². The third-order valence-electron chi connectivity index (χ3n) is 3.37. The number of benzene rings is 2. The summed E-state index contributed by atoms with van der Waals surface area (Å²) in [6.45, 7) is 1.82. The molecule has 108 valence electrons. The van der Waals surface area contributed by atoms with Gasteiger partial charge in [-0.05, 0) is 13.0 Å². The van der Waals surface area contributed by atoms with Crippen LogP contribution in [0.4, 0.5) is 0 Å². The van der Waals surface area contributed by atoms with E-state index in [0.29, 0.717) is 0 Å². The highest BCUT2D eigenvalue weighted by molar-refractivity contribution is 5.93. The van der Waals surface area contributed by atoms with Crippen LogP contribution >= 0.6 is 0 Å². The molecule has 0 atom stereocenters. The molecule has 0 saturated heterocycles. The van der Waals surface area contributed by atoms with Gasteiger partial charge in [0.2, 0.25) is 0 Å². The smallest absolute Gasteiger partial charge is 0.267 e. The summed E-state index contributed by atoms with van der Waals surface area (Å²) >= 11 is 0. The largest absolute Gasteiger partial charge is 0.271 e. The second kappa shape index (κ2) is 6.22. The van der Waals surface area contributed by atoms with Crippen LogP contribution in [0, 0.1) is 0 Å². The number of hydrogen-bond donors (Lipinski definition) is 0. The fourth-order valence-electron chi connectivity index (χ4n) is 2.33. The lowest BCUT2D eigenvalue weighted by Crippen LogP contribution is -2.10. The van der Waals surface area contributed by atoms with Gasteiger partial charge in [-0.3, -0.25) is 4.79 Å². The molecule has 3 rings (SSSR count). The average Bonchev–Trinajstić information content (AvgIpc) is 3.02. The Kier molecular flexibility index (Phi) is 3.97. The van der Waals surface area contributed by atoms with Crippen molar-refractivity contribution in [2.75, 3.05) is 0 Å². The highest BCUT2D eigenvalue weighted by Gasteiger charge is 2.14. The Labute approximate surface area is 129 Å². The van der Waals surface area contributed by atoms with E-state index in [-0.39, 0.29) is 5.91 Å². The summed E-state index contributed by atoms with van der Waals surface area (Å²) in [5.41, 5.74) is 3.54. The maximum absolute atomic E-state index is 12.3. The van der Waals surface area contributed by atoms with Crippen LogP contribution in [0.25, 0.3) is 22.5 Å². The molecule has 0 aliphatic rings. The normalized spacial score (nSPS) is 11.0. The summed E-state index contributed by atoms with van der Waals surface area (Å²) in [6.07, 6.45) is 3.25. The molecule has 3 heteroatoms. The first-order valence-electron chi connectivity index (χ1n) is 7.17. The van der Waals surface area contributed by atoms with Crippen LogP contribution in [-0.2, 0) is 0 Å². The molecule has 0 radical (unpaired) electrons. The van der Waals surface area contributed by atoms with Crippen molar-refractivity contribution >= 4 is 5.91 Å². The molecule has 2 aromatic carbocycles. The Bertz CT molecular complexity index is 802. The second-order valence-corrected chi connectivity index (χ2v) is 4.90. The fraction of sp³-hybridized carbons (Fsp3) is 0.0526. The highest BCUT2D eigenvalue weighted by atomic mass is 16.2. The maximum atomic E-state index is 12.3. The first-order chi connectivity index (χ1) is 10.8. The molecule has 1 aromatic heterocycles. The molecule has 0 bridgehead atoms. The first-order valence-corrected chi connectivity index (χ1v) is 7.17. The minimum absolute atomic E-state index is 0.150. The maximum Gasteiger partial charge on any atom is 0.271 e. The number of aromatic nitrogens is 2. The molecule has 0 fully saturated rings. The van der Waals surface area contributed by atoms with E-state index < -0.39 is 0 Å². The summed E-state index contributed by atoms with van der Waals surface area (Å²) in [5, 5.41) is 4.49. The first kappa shape index (κ1) is 14.0. The van der Waals surface area contributed by atoms with Crippen molar-refractivity contribution in [1.29, 1.82) is 0 Å². The van der Waals surface area contributed by atoms with Gasteiger partial charge in [-0.15, -0.1) is 0 Å². The Morgan fingerprint density at radius 3 is 2.14 bits per heavy atom. The standard InChI is InChI=1S/C19H16N2O/c1-2-9-19(22)21-18(16-12-7-4-8-13-16)14-17(20-21)15-10-5-3-6-11-15/h2-14H,1H3/b9-2+. The molecular formula is C19H16N2O. The molecule has 0 aliphatic heterocycles. The van der Waals surface area contributed by atoms with E-state index in [2.05, 4.69) is 5.10 Å². The van der Waals surface area contributed by atoms with Crippen molar-refractivity contribution in [1.82, 2.24) is 9.78 Å². The summed E-state index contributed by atoms with van der Waals surface area (Å²) in [7, 11) is 0. The third-order valence-corrected chi connectivity index (χ3v) is 3.37. The minimum Gasteiger partial charge on any atom is -0.267 e. The third kappa shape index (κ3) is 2.74. The Balaban J connectivity index is 2.15. The number of allylic oxidation sites excluding steroid dienone is 2. The lowest BCUT2D eigenvalue weighted by Gasteiger charge is -2.03. The molecule has 0 saturated carbocycles. The zero-order valence-electron chi connectivity index (χ0n) is 12.3. The quantitative estimate of drug-likeness (QED) is 0.668. The topological polar surface area (TPSA) is 34.9 Å². The van der Waals surface area contributed by atoms with E-state index in [0.717, 1.165) is 22.5 Å². The lowest BCUT2D eigenvalue weighted by molar-refractivity contribution is 0.0956. The number of carbonyl (C=O) groups excluding carboxylic acids is 1. The molecule has 1 heterocycles. The highest BCUT2D eigenvalue weighted by Crippen LogP contribution is 2.26. The summed E-state index contributed by atoms with van der Waals surface area (Å²) in [6, 6.07) is 21.6. The molecule has 3 nitrogen and oxygen atoms in total. The van der Waals surface area contributed by atoms with Gasteiger partial charge in [0.1, 0.15) is 0 Å². The molecule has 0 aliphatic carbocycles. The predicted octanol–water partition coefficient (Wildman–Crippen LogP) is 4.43. The second-order valence-electron chi connectivity index (χ2n) is 4.90. The van der Waals surface area contributed by atoms with Gasteiger partial charge in [-0.2, -0.15) is 9.78 Å². The van der Waals surface area contributed by atoms with Gasteiger partial charge in [0.05, 0.1) is 11.4 Å². The number of hydrogen-bond acceptors (Lipinski definition) is 2. The molecule has 0 N–H and O–H groups in total. The number of rotatable bonds is 3. The average molecular weight is 288 g/mol. The van der Waals surface area contributed by atoms with Crippen molar-refractivity contribution in [3.63, 3.8) is 0 Å². The van der Waals surface area contributed by atoms with Crippen LogP contribution in [0.3, 0.4) is 0 Å². The van der Waals surface area contributed by atoms with Crippen molar-refractivity contribution in [3.8, 4) is 22.5 Å². The van der Waals surface area contributed by atoms with Gasteiger partial charge >= 0.3 is 0 Å². The van der Waals surface area contributed by atoms with E-state index in [1.807, 2.05) is 73.7 Å². The summed E-state index contributed by atoms with van der Waals surface area (Å²) in [4.78, 5) is 12.3. The zero-order chi connectivity index (χ0) is 15.4. The minimum atomic E-state index is -0.150. The van der Waals surface area contributed by atoms with Crippen LogP contribution in [0.5, 0.6) is 0 Å². The van der Waals surface area contributed by atoms with Gasteiger partial charge in [0.25, 0.3) is 5.91 Å². The van der Waals surface area contributed by atoms with Gasteiger partial charge in [-0.1, -0.05) is 66.7 Å². The van der Waals surface area contributed by atoms with E-state index in [9.17, 15) is 4.79 Å². The molecule has 3 aromatic rings. The number of nitrogens with zero attached hydrogens (tertiary/aromatic N) is 2. The predicted molar refractivity (Wildman–Crippen MR) is 88.5 cm³/mol. The van der Waals surface area contributed by atoms with E-state index >= 15 is 0 Å². The SMILES string of the molecule is C/C=C/C(=O)n1nc(-c2ccccc2)cc1-c1ccccc1. The van der Waals surface area contributed by atoms with E-state index in [4.69, 9.17) is 0 Å². The summed E-state index contributed by atoms with van der Waals surface area (Å²) in [5.74, 6) is -0.150. The Morgan fingerprint density at radius 2 is 1.55 bits per heavy atom. The Hall–Kier alpha value is -2.94. The van der Waals surface area contributed by atoms with Crippen LogP contribution in [0.1, 0.15) is 11.7 Å².